The van der Waals surface area contributed by atoms with Gasteiger partial charge in [-0.05, 0) is 42.0 Å². The molecule has 0 spiro atoms. The van der Waals surface area contributed by atoms with Crippen LogP contribution in [0.4, 0.5) is 10.5 Å². The van der Waals surface area contributed by atoms with Crippen molar-refractivity contribution in [3.05, 3.63) is 41.8 Å². The second-order valence-electron chi connectivity index (χ2n) is 5.97. The van der Waals surface area contributed by atoms with Crippen LogP contribution in [0.2, 0.25) is 0 Å². The monoisotopic (exact) mass is 343 g/mol. The number of hydrogen-bond donors (Lipinski definition) is 2. The zero-order valence-corrected chi connectivity index (χ0v) is 14.4. The van der Waals surface area contributed by atoms with Gasteiger partial charge in [0.2, 0.25) is 5.91 Å². The lowest BCUT2D eigenvalue weighted by molar-refractivity contribution is -0.119. The molecule has 1 aromatic carbocycles. The van der Waals surface area contributed by atoms with Gasteiger partial charge in [0, 0.05) is 36.6 Å². The molecule has 2 aromatic rings. The van der Waals surface area contributed by atoms with Crippen molar-refractivity contribution in [2.24, 2.45) is 0 Å². The summed E-state index contributed by atoms with van der Waals surface area (Å²) < 4.78 is 0. The van der Waals surface area contributed by atoms with E-state index in [0.717, 1.165) is 24.1 Å². The Kier molecular flexibility index (Phi) is 5.15. The average molecular weight is 343 g/mol. The molecule has 0 aliphatic carbocycles. The Morgan fingerprint density at radius 3 is 2.88 bits per heavy atom. The van der Waals surface area contributed by atoms with Gasteiger partial charge in [-0.15, -0.1) is 11.3 Å². The molecule has 2 heterocycles. The minimum absolute atomic E-state index is 0.0412. The molecule has 3 amide bonds. The van der Waals surface area contributed by atoms with Gasteiger partial charge in [0.05, 0.1) is 0 Å². The molecule has 1 saturated heterocycles. The molecule has 1 fully saturated rings. The average Bonchev–Trinajstić information content (AvgIpc) is 3.09. The number of likely N-dealkylation sites (tertiary alicyclic amines) is 1. The van der Waals surface area contributed by atoms with Gasteiger partial charge in [0.1, 0.15) is 0 Å². The Bertz CT molecular complexity index is 715. The van der Waals surface area contributed by atoms with Crippen LogP contribution in [-0.4, -0.2) is 36.0 Å². The fraction of sp³-hybridized carbons (Fsp3) is 0.333. The van der Waals surface area contributed by atoms with Crippen LogP contribution in [-0.2, 0) is 4.79 Å². The molecule has 0 bridgehead atoms. The van der Waals surface area contributed by atoms with Crippen molar-refractivity contribution < 1.29 is 9.59 Å². The first-order valence-electron chi connectivity index (χ1n) is 8.09. The highest BCUT2D eigenvalue weighted by Gasteiger charge is 2.24. The first-order valence-corrected chi connectivity index (χ1v) is 8.97. The molecule has 126 valence electrons. The van der Waals surface area contributed by atoms with Crippen LogP contribution in [0.15, 0.2) is 41.8 Å². The highest BCUT2D eigenvalue weighted by Crippen LogP contribution is 2.27. The maximum absolute atomic E-state index is 12.5. The van der Waals surface area contributed by atoms with Crippen LogP contribution in [0, 0.1) is 0 Å². The maximum Gasteiger partial charge on any atom is 0.321 e. The summed E-state index contributed by atoms with van der Waals surface area (Å²) in [6.45, 7) is 2.78. The van der Waals surface area contributed by atoms with Crippen molar-refractivity contribution in [1.29, 1.82) is 0 Å². The number of amides is 3. The summed E-state index contributed by atoms with van der Waals surface area (Å²) in [5.74, 6) is -0.0501. The van der Waals surface area contributed by atoms with E-state index >= 15 is 0 Å². The number of urea groups is 1. The second kappa shape index (κ2) is 7.49. The molecule has 1 atom stereocenters. The van der Waals surface area contributed by atoms with Gasteiger partial charge < -0.3 is 15.5 Å². The number of thiophene rings is 1. The SMILES string of the molecule is CC(=O)N[C@@H]1CCCN(C(=O)Nc2cccc(-c3cccs3)c2)C1. The number of nitrogens with zero attached hydrogens (tertiary/aromatic N) is 1. The van der Waals surface area contributed by atoms with Crippen molar-refractivity contribution in [3.63, 3.8) is 0 Å². The molecule has 3 rings (SSSR count). The van der Waals surface area contributed by atoms with Gasteiger partial charge in [-0.3, -0.25) is 4.79 Å². The van der Waals surface area contributed by atoms with E-state index in [-0.39, 0.29) is 18.0 Å². The molecule has 6 heteroatoms. The Morgan fingerprint density at radius 1 is 1.25 bits per heavy atom. The normalized spacial score (nSPS) is 17.4. The van der Waals surface area contributed by atoms with E-state index < -0.39 is 0 Å². The molecule has 1 aliphatic rings. The third-order valence-corrected chi connectivity index (χ3v) is 4.95. The van der Waals surface area contributed by atoms with Gasteiger partial charge in [-0.1, -0.05) is 18.2 Å². The third kappa shape index (κ3) is 4.14. The largest absolute Gasteiger partial charge is 0.352 e. The lowest BCUT2D eigenvalue weighted by Crippen LogP contribution is -2.50. The fourth-order valence-corrected chi connectivity index (χ4v) is 3.69. The second-order valence-corrected chi connectivity index (χ2v) is 6.92. The minimum atomic E-state index is -0.117. The van der Waals surface area contributed by atoms with E-state index in [2.05, 4.69) is 16.7 Å². The number of piperidine rings is 1. The summed E-state index contributed by atoms with van der Waals surface area (Å²) in [5, 5.41) is 7.90. The van der Waals surface area contributed by atoms with Gasteiger partial charge in [-0.25, -0.2) is 4.79 Å². The fourth-order valence-electron chi connectivity index (χ4n) is 2.96. The van der Waals surface area contributed by atoms with E-state index in [0.29, 0.717) is 13.1 Å². The highest BCUT2D eigenvalue weighted by atomic mass is 32.1. The van der Waals surface area contributed by atoms with Crippen molar-refractivity contribution in [3.8, 4) is 10.4 Å². The van der Waals surface area contributed by atoms with Gasteiger partial charge >= 0.3 is 6.03 Å². The van der Waals surface area contributed by atoms with Crippen molar-refractivity contribution in [2.45, 2.75) is 25.8 Å². The Balaban J connectivity index is 1.64. The van der Waals surface area contributed by atoms with Crippen LogP contribution in [0.5, 0.6) is 0 Å². The van der Waals surface area contributed by atoms with Crippen molar-refractivity contribution in [1.82, 2.24) is 10.2 Å². The van der Waals surface area contributed by atoms with Gasteiger partial charge in [0.15, 0.2) is 0 Å². The van der Waals surface area contributed by atoms with Crippen molar-refractivity contribution in [2.75, 3.05) is 18.4 Å². The van der Waals surface area contributed by atoms with Crippen molar-refractivity contribution >= 4 is 29.0 Å². The molecule has 0 radical (unpaired) electrons. The van der Waals surface area contributed by atoms with E-state index in [1.807, 2.05) is 35.7 Å². The van der Waals surface area contributed by atoms with E-state index in [4.69, 9.17) is 0 Å². The quantitative estimate of drug-likeness (QED) is 0.895. The molecule has 5 nitrogen and oxygen atoms in total. The zero-order chi connectivity index (χ0) is 16.9. The zero-order valence-electron chi connectivity index (χ0n) is 13.6. The Labute approximate surface area is 145 Å². The van der Waals surface area contributed by atoms with Crippen LogP contribution >= 0.6 is 11.3 Å². The molecule has 1 aliphatic heterocycles. The highest BCUT2D eigenvalue weighted by molar-refractivity contribution is 7.13. The lowest BCUT2D eigenvalue weighted by atomic mass is 10.1. The number of carbonyl (C=O) groups is 2. The van der Waals surface area contributed by atoms with Gasteiger partial charge in [0.25, 0.3) is 0 Å². The number of hydrogen-bond acceptors (Lipinski definition) is 3. The molecule has 2 N–H and O–H groups in total. The summed E-state index contributed by atoms with van der Waals surface area (Å²) >= 11 is 1.67. The summed E-state index contributed by atoms with van der Waals surface area (Å²) in [4.78, 5) is 26.6. The first kappa shape index (κ1) is 16.5. The standard InChI is InChI=1S/C18H21N3O2S/c1-13(22)19-16-7-3-9-21(12-16)18(23)20-15-6-2-5-14(11-15)17-8-4-10-24-17/h2,4-6,8,10-11,16H,3,7,9,12H2,1H3,(H,19,22)(H,20,23)/t16-/m1/s1. The minimum Gasteiger partial charge on any atom is -0.352 e. The summed E-state index contributed by atoms with van der Waals surface area (Å²) in [7, 11) is 0. The van der Waals surface area contributed by atoms with E-state index in [1.54, 1.807) is 16.2 Å². The smallest absolute Gasteiger partial charge is 0.321 e. The Hall–Kier alpha value is -2.34. The molecule has 24 heavy (non-hydrogen) atoms. The summed E-state index contributed by atoms with van der Waals surface area (Å²) in [6.07, 6.45) is 1.81. The summed E-state index contributed by atoms with van der Waals surface area (Å²) in [6, 6.07) is 11.9. The van der Waals surface area contributed by atoms with Crippen LogP contribution < -0.4 is 10.6 Å². The first-order chi connectivity index (χ1) is 11.6. The van der Waals surface area contributed by atoms with Crippen LogP contribution in [0.25, 0.3) is 10.4 Å². The number of benzene rings is 1. The number of anilines is 1. The topological polar surface area (TPSA) is 61.4 Å². The third-order valence-electron chi connectivity index (χ3n) is 4.04. The Morgan fingerprint density at radius 2 is 2.12 bits per heavy atom. The van der Waals surface area contributed by atoms with E-state index in [1.165, 1.54) is 11.8 Å². The van der Waals surface area contributed by atoms with Gasteiger partial charge in [-0.2, -0.15) is 0 Å². The molecule has 1 aromatic heterocycles. The van der Waals surface area contributed by atoms with Crippen LogP contribution in [0.1, 0.15) is 19.8 Å². The molecular formula is C18H21N3O2S. The molecular weight excluding hydrogens is 322 g/mol. The summed E-state index contributed by atoms with van der Waals surface area (Å²) in [5.41, 5.74) is 1.88. The van der Waals surface area contributed by atoms with E-state index in [9.17, 15) is 9.59 Å². The number of nitrogens with one attached hydrogen (secondary N) is 2. The molecule has 0 saturated carbocycles. The predicted molar refractivity (Wildman–Crippen MR) is 97.2 cm³/mol. The predicted octanol–water partition coefficient (Wildman–Crippen LogP) is 3.55. The number of carbonyl (C=O) groups excluding carboxylic acids is 2. The van der Waals surface area contributed by atoms with Crippen LogP contribution in [0.3, 0.4) is 0 Å². The molecule has 0 unspecified atom stereocenters. The lowest BCUT2D eigenvalue weighted by Gasteiger charge is -2.33. The maximum atomic E-state index is 12.5. The number of rotatable bonds is 3.